The molecule has 0 bridgehead atoms. The fourth-order valence-corrected chi connectivity index (χ4v) is 2.95. The summed E-state index contributed by atoms with van der Waals surface area (Å²) in [5.74, 6) is -1.03. The van der Waals surface area contributed by atoms with E-state index in [2.05, 4.69) is 5.32 Å². The fourth-order valence-electron chi connectivity index (χ4n) is 2.72. The van der Waals surface area contributed by atoms with Gasteiger partial charge in [0.05, 0.1) is 12.3 Å². The van der Waals surface area contributed by atoms with Crippen LogP contribution in [0.5, 0.6) is 0 Å². The SMILES string of the molecule is NCCNC(=O)C1CCCN(C(=O)Cc2c(F)cccc2Cl)C1. The van der Waals surface area contributed by atoms with Crippen LogP contribution < -0.4 is 11.1 Å². The van der Waals surface area contributed by atoms with Gasteiger partial charge in [0, 0.05) is 36.8 Å². The summed E-state index contributed by atoms with van der Waals surface area (Å²) < 4.78 is 13.8. The van der Waals surface area contributed by atoms with Gasteiger partial charge in [-0.2, -0.15) is 0 Å². The summed E-state index contributed by atoms with van der Waals surface area (Å²) in [6.07, 6.45) is 1.39. The predicted octanol–water partition coefficient (Wildman–Crippen LogP) is 1.34. The van der Waals surface area contributed by atoms with E-state index in [-0.39, 0.29) is 34.7 Å². The molecule has 2 amide bonds. The normalized spacial score (nSPS) is 17.9. The lowest BCUT2D eigenvalue weighted by molar-refractivity contribution is -0.135. The Morgan fingerprint density at radius 1 is 1.43 bits per heavy atom. The second kappa shape index (κ2) is 8.26. The van der Waals surface area contributed by atoms with Crippen LogP contribution in [-0.4, -0.2) is 42.9 Å². The number of halogens is 2. The monoisotopic (exact) mass is 341 g/mol. The van der Waals surface area contributed by atoms with Crippen molar-refractivity contribution in [3.63, 3.8) is 0 Å². The standard InChI is InChI=1S/C16H21ClFN3O2/c17-13-4-1-5-14(18)12(13)9-15(22)21-8-2-3-11(10-21)16(23)20-7-6-19/h1,4-5,11H,2-3,6-10,19H2,(H,20,23). The number of nitrogens with two attached hydrogens (primary N) is 1. The number of carbonyl (C=O) groups is 2. The van der Waals surface area contributed by atoms with Crippen LogP contribution in [-0.2, 0) is 16.0 Å². The van der Waals surface area contributed by atoms with Crippen LogP contribution >= 0.6 is 11.6 Å². The molecule has 1 aliphatic rings. The zero-order valence-electron chi connectivity index (χ0n) is 12.9. The molecule has 1 aliphatic heterocycles. The maximum absolute atomic E-state index is 13.8. The highest BCUT2D eigenvalue weighted by atomic mass is 35.5. The first-order valence-corrected chi connectivity index (χ1v) is 8.09. The van der Waals surface area contributed by atoms with Gasteiger partial charge in [0.2, 0.25) is 11.8 Å². The number of rotatable bonds is 5. The molecule has 126 valence electrons. The number of nitrogens with zero attached hydrogens (tertiary/aromatic N) is 1. The Balaban J connectivity index is 1.98. The quantitative estimate of drug-likeness (QED) is 0.848. The van der Waals surface area contributed by atoms with E-state index in [1.807, 2.05) is 0 Å². The van der Waals surface area contributed by atoms with Crippen molar-refractivity contribution in [1.29, 1.82) is 0 Å². The number of hydrogen-bond donors (Lipinski definition) is 2. The Kier molecular flexibility index (Phi) is 6.36. The minimum absolute atomic E-state index is 0.0862. The summed E-state index contributed by atoms with van der Waals surface area (Å²) >= 11 is 5.96. The van der Waals surface area contributed by atoms with Crippen molar-refractivity contribution in [3.8, 4) is 0 Å². The van der Waals surface area contributed by atoms with Crippen molar-refractivity contribution in [2.75, 3.05) is 26.2 Å². The largest absolute Gasteiger partial charge is 0.355 e. The number of nitrogens with one attached hydrogen (secondary N) is 1. The Hall–Kier alpha value is -1.66. The fraction of sp³-hybridized carbons (Fsp3) is 0.500. The molecule has 3 N–H and O–H groups in total. The van der Waals surface area contributed by atoms with Crippen LogP contribution in [0.3, 0.4) is 0 Å². The van der Waals surface area contributed by atoms with Crippen molar-refractivity contribution >= 4 is 23.4 Å². The lowest BCUT2D eigenvalue weighted by atomic mass is 9.96. The molecule has 0 aromatic heterocycles. The lowest BCUT2D eigenvalue weighted by Crippen LogP contribution is -2.46. The van der Waals surface area contributed by atoms with Crippen LogP contribution in [0.15, 0.2) is 18.2 Å². The third-order valence-corrected chi connectivity index (χ3v) is 4.33. The van der Waals surface area contributed by atoms with Crippen LogP contribution in [0.2, 0.25) is 5.02 Å². The van der Waals surface area contributed by atoms with Crippen LogP contribution in [0.4, 0.5) is 4.39 Å². The molecule has 0 aliphatic carbocycles. The molecule has 0 saturated carbocycles. The Labute approximate surface area is 140 Å². The zero-order valence-corrected chi connectivity index (χ0v) is 13.6. The van der Waals surface area contributed by atoms with Gasteiger partial charge in [-0.25, -0.2) is 4.39 Å². The van der Waals surface area contributed by atoms with Gasteiger partial charge in [0.15, 0.2) is 0 Å². The molecule has 1 fully saturated rings. The molecule has 0 radical (unpaired) electrons. The van der Waals surface area contributed by atoms with E-state index >= 15 is 0 Å². The van der Waals surface area contributed by atoms with Crippen molar-refractivity contribution in [2.24, 2.45) is 11.7 Å². The molecule has 1 atom stereocenters. The van der Waals surface area contributed by atoms with E-state index in [4.69, 9.17) is 17.3 Å². The zero-order chi connectivity index (χ0) is 16.8. The first-order chi connectivity index (χ1) is 11.0. The minimum Gasteiger partial charge on any atom is -0.355 e. The van der Waals surface area contributed by atoms with E-state index in [1.54, 1.807) is 11.0 Å². The number of amides is 2. The molecule has 1 unspecified atom stereocenters. The van der Waals surface area contributed by atoms with Crippen molar-refractivity contribution < 1.29 is 14.0 Å². The highest BCUT2D eigenvalue weighted by molar-refractivity contribution is 6.31. The summed E-state index contributed by atoms with van der Waals surface area (Å²) in [7, 11) is 0. The Morgan fingerprint density at radius 2 is 2.22 bits per heavy atom. The smallest absolute Gasteiger partial charge is 0.227 e. The topological polar surface area (TPSA) is 75.4 Å². The van der Waals surface area contributed by atoms with Gasteiger partial charge in [0.25, 0.3) is 0 Å². The van der Waals surface area contributed by atoms with E-state index in [1.165, 1.54) is 12.1 Å². The first-order valence-electron chi connectivity index (χ1n) is 7.71. The van der Waals surface area contributed by atoms with Gasteiger partial charge in [-0.05, 0) is 25.0 Å². The van der Waals surface area contributed by atoms with Gasteiger partial charge in [-0.3, -0.25) is 9.59 Å². The Bertz CT molecular complexity index is 562. The predicted molar refractivity (Wildman–Crippen MR) is 86.5 cm³/mol. The number of carbonyl (C=O) groups excluding carboxylic acids is 2. The number of piperidine rings is 1. The highest BCUT2D eigenvalue weighted by Crippen LogP contribution is 2.22. The average Bonchev–Trinajstić information content (AvgIpc) is 2.56. The third-order valence-electron chi connectivity index (χ3n) is 3.98. The molecule has 1 saturated heterocycles. The van der Waals surface area contributed by atoms with E-state index in [9.17, 15) is 14.0 Å². The first kappa shape index (κ1) is 17.7. The second-order valence-electron chi connectivity index (χ2n) is 5.64. The van der Waals surface area contributed by atoms with Gasteiger partial charge < -0.3 is 16.0 Å². The molecular weight excluding hydrogens is 321 g/mol. The molecule has 7 heteroatoms. The van der Waals surface area contributed by atoms with Crippen LogP contribution in [0.25, 0.3) is 0 Å². The van der Waals surface area contributed by atoms with Gasteiger partial charge in [-0.1, -0.05) is 17.7 Å². The molecule has 1 aromatic carbocycles. The molecule has 1 heterocycles. The van der Waals surface area contributed by atoms with E-state index in [0.29, 0.717) is 26.2 Å². The average molecular weight is 342 g/mol. The molecule has 23 heavy (non-hydrogen) atoms. The van der Waals surface area contributed by atoms with Crippen LogP contribution in [0.1, 0.15) is 18.4 Å². The van der Waals surface area contributed by atoms with Gasteiger partial charge in [-0.15, -0.1) is 0 Å². The van der Waals surface area contributed by atoms with Crippen molar-refractivity contribution in [2.45, 2.75) is 19.3 Å². The molecule has 5 nitrogen and oxygen atoms in total. The lowest BCUT2D eigenvalue weighted by Gasteiger charge is -2.32. The summed E-state index contributed by atoms with van der Waals surface area (Å²) in [6.45, 7) is 1.73. The van der Waals surface area contributed by atoms with Crippen LogP contribution in [0, 0.1) is 11.7 Å². The van der Waals surface area contributed by atoms with Crippen molar-refractivity contribution in [3.05, 3.63) is 34.6 Å². The van der Waals surface area contributed by atoms with Gasteiger partial charge >= 0.3 is 0 Å². The van der Waals surface area contributed by atoms with E-state index in [0.717, 1.165) is 12.8 Å². The number of likely N-dealkylation sites (tertiary alicyclic amines) is 1. The molecule has 0 spiro atoms. The molecular formula is C16H21ClFN3O2. The maximum atomic E-state index is 13.8. The minimum atomic E-state index is -0.486. The summed E-state index contributed by atoms with van der Waals surface area (Å²) in [5.41, 5.74) is 5.57. The van der Waals surface area contributed by atoms with Crippen molar-refractivity contribution in [1.82, 2.24) is 10.2 Å². The molecule has 2 rings (SSSR count). The highest BCUT2D eigenvalue weighted by Gasteiger charge is 2.28. The summed E-state index contributed by atoms with van der Waals surface area (Å²) in [5, 5.41) is 2.99. The third kappa shape index (κ3) is 4.65. The summed E-state index contributed by atoms with van der Waals surface area (Å²) in [4.78, 5) is 26.0. The summed E-state index contributed by atoms with van der Waals surface area (Å²) in [6, 6.07) is 4.35. The second-order valence-corrected chi connectivity index (χ2v) is 6.04. The Morgan fingerprint density at radius 3 is 2.91 bits per heavy atom. The maximum Gasteiger partial charge on any atom is 0.227 e. The molecule has 1 aromatic rings. The number of hydrogen-bond acceptors (Lipinski definition) is 3. The van der Waals surface area contributed by atoms with E-state index < -0.39 is 5.82 Å². The van der Waals surface area contributed by atoms with Gasteiger partial charge in [0.1, 0.15) is 5.82 Å². The number of benzene rings is 1.